The summed E-state index contributed by atoms with van der Waals surface area (Å²) < 4.78 is 48.3. The van der Waals surface area contributed by atoms with Gasteiger partial charge >= 0.3 is 0 Å². The Kier molecular flexibility index (Phi) is 3.20. The molecule has 0 aromatic rings. The molecule has 5 nitrogen and oxygen atoms in total. The molecule has 0 aromatic heterocycles. The predicted octanol–water partition coefficient (Wildman–Crippen LogP) is -0.109. The third kappa shape index (κ3) is 3.73. The molecule has 0 amide bonds. The minimum Gasteiger partial charge on any atom is -0.229 e. The Balaban J connectivity index is 2.82. The van der Waals surface area contributed by atoms with Crippen LogP contribution in [0.1, 0.15) is 27.2 Å². The van der Waals surface area contributed by atoms with Crippen molar-refractivity contribution in [1.82, 2.24) is 4.72 Å². The van der Waals surface area contributed by atoms with Gasteiger partial charge in [-0.1, -0.05) is 0 Å². The molecule has 1 atom stereocenters. The molecule has 1 saturated heterocycles. The molecule has 7 heteroatoms. The highest BCUT2D eigenvalue weighted by Crippen LogP contribution is 2.19. The average molecular weight is 255 g/mol. The summed E-state index contributed by atoms with van der Waals surface area (Å²) in [6.45, 7) is 5.19. The summed E-state index contributed by atoms with van der Waals surface area (Å²) in [6.07, 6.45) is 0.202. The van der Waals surface area contributed by atoms with Crippen LogP contribution in [-0.4, -0.2) is 39.1 Å². The molecule has 0 aromatic carbocycles. The molecule has 1 fully saturated rings. The Hall–Kier alpha value is -0.140. The molecule has 0 saturated carbocycles. The van der Waals surface area contributed by atoms with E-state index in [9.17, 15) is 16.8 Å². The van der Waals surface area contributed by atoms with E-state index in [1.165, 1.54) is 0 Å². The predicted molar refractivity (Wildman–Crippen MR) is 58.9 cm³/mol. The second-order valence-corrected chi connectivity index (χ2v) is 9.11. The summed E-state index contributed by atoms with van der Waals surface area (Å²) in [5, 5.41) is -0.790. The van der Waals surface area contributed by atoms with Gasteiger partial charge in [-0.15, -0.1) is 0 Å². The minimum atomic E-state index is -3.52. The van der Waals surface area contributed by atoms with Crippen molar-refractivity contribution < 1.29 is 16.8 Å². The van der Waals surface area contributed by atoms with Gasteiger partial charge in [0.2, 0.25) is 10.0 Å². The van der Waals surface area contributed by atoms with Crippen LogP contribution in [0.5, 0.6) is 0 Å². The molecule has 0 unspecified atom stereocenters. The molecule has 90 valence electrons. The minimum absolute atomic E-state index is 0.0251. The van der Waals surface area contributed by atoms with Crippen LogP contribution in [0.2, 0.25) is 0 Å². The van der Waals surface area contributed by atoms with Gasteiger partial charge in [0.05, 0.1) is 16.8 Å². The highest BCUT2D eigenvalue weighted by Gasteiger charge is 2.38. The summed E-state index contributed by atoms with van der Waals surface area (Å²) in [5.41, 5.74) is -0.564. The van der Waals surface area contributed by atoms with E-state index in [4.69, 9.17) is 0 Å². The van der Waals surface area contributed by atoms with Gasteiger partial charge in [0, 0.05) is 5.54 Å². The van der Waals surface area contributed by atoms with Crippen molar-refractivity contribution in [2.24, 2.45) is 0 Å². The SMILES string of the molecule is CC(C)(C)NS(=O)(=O)[C@H]1CCS(=O)(=O)C1. The van der Waals surface area contributed by atoms with E-state index in [2.05, 4.69) is 4.72 Å². The normalized spacial score (nSPS) is 26.7. The lowest BCUT2D eigenvalue weighted by molar-refractivity contribution is 0.485. The standard InChI is InChI=1S/C8H17NO4S2/c1-8(2,3)9-15(12,13)7-4-5-14(10,11)6-7/h7,9H,4-6H2,1-3H3/t7-/m0/s1. The van der Waals surface area contributed by atoms with Crippen LogP contribution in [0.3, 0.4) is 0 Å². The van der Waals surface area contributed by atoms with Crippen LogP contribution < -0.4 is 4.72 Å². The smallest absolute Gasteiger partial charge is 0.215 e. The highest BCUT2D eigenvalue weighted by molar-refractivity contribution is 7.95. The van der Waals surface area contributed by atoms with E-state index < -0.39 is 30.6 Å². The zero-order valence-corrected chi connectivity index (χ0v) is 10.8. The summed E-state index contributed by atoms with van der Waals surface area (Å²) in [4.78, 5) is 0. The number of rotatable bonds is 2. The molecule has 0 aliphatic carbocycles. The molecule has 0 radical (unpaired) electrons. The van der Waals surface area contributed by atoms with E-state index >= 15 is 0 Å². The van der Waals surface area contributed by atoms with Crippen molar-refractivity contribution in [1.29, 1.82) is 0 Å². The van der Waals surface area contributed by atoms with Crippen LogP contribution in [-0.2, 0) is 19.9 Å². The lowest BCUT2D eigenvalue weighted by Crippen LogP contribution is -2.45. The quantitative estimate of drug-likeness (QED) is 0.746. The molecule has 1 N–H and O–H groups in total. The second-order valence-electron chi connectivity index (χ2n) is 4.92. The number of sulfonamides is 1. The van der Waals surface area contributed by atoms with Gasteiger partial charge in [0.15, 0.2) is 9.84 Å². The monoisotopic (exact) mass is 255 g/mol. The Bertz CT molecular complexity index is 430. The fraction of sp³-hybridized carbons (Fsp3) is 1.00. The lowest BCUT2D eigenvalue weighted by atomic mass is 10.1. The summed E-state index contributed by atoms with van der Waals surface area (Å²) in [5.74, 6) is -0.277. The third-order valence-electron chi connectivity index (χ3n) is 2.08. The van der Waals surface area contributed by atoms with Crippen molar-refractivity contribution in [2.75, 3.05) is 11.5 Å². The second kappa shape index (κ2) is 3.71. The zero-order valence-electron chi connectivity index (χ0n) is 9.15. The largest absolute Gasteiger partial charge is 0.229 e. The van der Waals surface area contributed by atoms with Gasteiger partial charge in [-0.25, -0.2) is 21.6 Å². The first-order valence-electron chi connectivity index (χ1n) is 4.75. The van der Waals surface area contributed by atoms with Gasteiger partial charge in [-0.2, -0.15) is 0 Å². The first kappa shape index (κ1) is 12.9. The Morgan fingerprint density at radius 3 is 2.13 bits per heavy atom. The van der Waals surface area contributed by atoms with Gasteiger partial charge in [0.1, 0.15) is 0 Å². The van der Waals surface area contributed by atoms with E-state index in [1.54, 1.807) is 20.8 Å². The first-order chi connectivity index (χ1) is 6.52. The molecular formula is C8H17NO4S2. The van der Waals surface area contributed by atoms with Crippen LogP contribution in [0.4, 0.5) is 0 Å². The number of sulfone groups is 1. The van der Waals surface area contributed by atoms with Crippen LogP contribution in [0.15, 0.2) is 0 Å². The van der Waals surface area contributed by atoms with Gasteiger partial charge in [-0.3, -0.25) is 0 Å². The molecule has 0 bridgehead atoms. The number of nitrogens with one attached hydrogen (secondary N) is 1. The van der Waals surface area contributed by atoms with Crippen LogP contribution in [0, 0.1) is 0 Å². The van der Waals surface area contributed by atoms with Crippen LogP contribution in [0.25, 0.3) is 0 Å². The zero-order chi connectivity index (χ0) is 11.9. The summed E-state index contributed by atoms with van der Waals surface area (Å²) in [6, 6.07) is 0. The number of hydrogen-bond acceptors (Lipinski definition) is 4. The molecule has 15 heavy (non-hydrogen) atoms. The van der Waals surface area contributed by atoms with E-state index in [0.29, 0.717) is 0 Å². The van der Waals surface area contributed by atoms with Crippen molar-refractivity contribution >= 4 is 19.9 Å². The maximum Gasteiger partial charge on any atom is 0.215 e. The number of hydrogen-bond donors (Lipinski definition) is 1. The first-order valence-corrected chi connectivity index (χ1v) is 8.12. The van der Waals surface area contributed by atoms with E-state index in [0.717, 1.165) is 0 Å². The Morgan fingerprint density at radius 1 is 1.27 bits per heavy atom. The fourth-order valence-corrected chi connectivity index (χ4v) is 6.00. The van der Waals surface area contributed by atoms with Gasteiger partial charge < -0.3 is 0 Å². The summed E-state index contributed by atoms with van der Waals surface area (Å²) in [7, 11) is -6.67. The average Bonchev–Trinajstić information content (AvgIpc) is 2.25. The van der Waals surface area contributed by atoms with Crippen molar-refractivity contribution in [3.05, 3.63) is 0 Å². The van der Waals surface area contributed by atoms with Gasteiger partial charge in [-0.05, 0) is 27.2 Å². The molecule has 1 aliphatic heterocycles. The van der Waals surface area contributed by atoms with Crippen LogP contribution >= 0.6 is 0 Å². The molecule has 1 rings (SSSR count). The molecular weight excluding hydrogens is 238 g/mol. The van der Waals surface area contributed by atoms with E-state index in [-0.39, 0.29) is 17.9 Å². The van der Waals surface area contributed by atoms with Crippen molar-refractivity contribution in [3.63, 3.8) is 0 Å². The van der Waals surface area contributed by atoms with Crippen molar-refractivity contribution in [3.8, 4) is 0 Å². The molecule has 0 spiro atoms. The summed E-state index contributed by atoms with van der Waals surface area (Å²) >= 11 is 0. The Labute approximate surface area is 91.2 Å². The molecule has 1 heterocycles. The third-order valence-corrected chi connectivity index (χ3v) is 6.23. The fourth-order valence-electron chi connectivity index (χ4n) is 1.52. The maximum atomic E-state index is 11.8. The molecule has 1 aliphatic rings. The highest BCUT2D eigenvalue weighted by atomic mass is 32.2. The van der Waals surface area contributed by atoms with Gasteiger partial charge in [0.25, 0.3) is 0 Å². The Morgan fingerprint density at radius 2 is 1.80 bits per heavy atom. The maximum absolute atomic E-state index is 11.8. The lowest BCUT2D eigenvalue weighted by Gasteiger charge is -2.22. The van der Waals surface area contributed by atoms with E-state index in [1.807, 2.05) is 0 Å². The topological polar surface area (TPSA) is 80.3 Å². The van der Waals surface area contributed by atoms with Crippen molar-refractivity contribution in [2.45, 2.75) is 38.0 Å².